The number of aryl methyl sites for hydroxylation is 1. The maximum absolute atomic E-state index is 13.6. The Labute approximate surface area is 204 Å². The quantitative estimate of drug-likeness (QED) is 0.373. The SMILES string of the molecule is COc1cc(C#N)ccc1OC(=O)C1CCC(=O)N(c2ccc(C)cc2)C1c1ccccc1OC. The molecule has 1 aliphatic heterocycles. The Morgan fingerprint density at radius 2 is 1.69 bits per heavy atom. The van der Waals surface area contributed by atoms with Crippen molar-refractivity contribution in [2.75, 3.05) is 19.1 Å². The standard InChI is InChI=1S/C28H26N2O5/c1-18-8-11-20(12-9-18)30-26(31)15-13-22(27(30)21-6-4-5-7-23(21)33-2)28(32)35-24-14-10-19(17-29)16-25(24)34-3/h4-12,14,16,22,27H,13,15H2,1-3H3. The number of para-hydroxylation sites is 1. The van der Waals surface area contributed by atoms with Crippen LogP contribution in [0.1, 0.15) is 35.6 Å². The lowest BCUT2D eigenvalue weighted by Gasteiger charge is -2.40. The van der Waals surface area contributed by atoms with Gasteiger partial charge in [-0.15, -0.1) is 0 Å². The van der Waals surface area contributed by atoms with Gasteiger partial charge in [0.05, 0.1) is 37.8 Å². The molecule has 0 N–H and O–H groups in total. The number of esters is 1. The van der Waals surface area contributed by atoms with Gasteiger partial charge in [0.1, 0.15) is 5.75 Å². The lowest BCUT2D eigenvalue weighted by atomic mass is 9.83. The first-order chi connectivity index (χ1) is 17.0. The van der Waals surface area contributed by atoms with E-state index in [2.05, 4.69) is 0 Å². The highest BCUT2D eigenvalue weighted by molar-refractivity contribution is 5.97. The Kier molecular flexibility index (Phi) is 7.02. The number of anilines is 1. The van der Waals surface area contributed by atoms with E-state index in [0.29, 0.717) is 23.4 Å². The molecule has 2 atom stereocenters. The smallest absolute Gasteiger partial charge is 0.316 e. The topological polar surface area (TPSA) is 88.9 Å². The van der Waals surface area contributed by atoms with Crippen molar-refractivity contribution in [3.05, 3.63) is 83.4 Å². The van der Waals surface area contributed by atoms with E-state index in [1.54, 1.807) is 24.1 Å². The third-order valence-corrected chi connectivity index (χ3v) is 6.17. The molecule has 1 aliphatic rings. The van der Waals surface area contributed by atoms with Crippen LogP contribution in [0.4, 0.5) is 5.69 Å². The lowest BCUT2D eigenvalue weighted by Crippen LogP contribution is -2.46. The zero-order valence-electron chi connectivity index (χ0n) is 19.9. The molecule has 0 aliphatic carbocycles. The van der Waals surface area contributed by atoms with Crippen molar-refractivity contribution in [1.82, 2.24) is 0 Å². The van der Waals surface area contributed by atoms with Crippen molar-refractivity contribution in [3.8, 4) is 23.3 Å². The van der Waals surface area contributed by atoms with Crippen molar-refractivity contribution in [2.24, 2.45) is 5.92 Å². The van der Waals surface area contributed by atoms with E-state index in [4.69, 9.17) is 19.5 Å². The second-order valence-corrected chi connectivity index (χ2v) is 8.33. The molecule has 1 saturated heterocycles. The number of ether oxygens (including phenoxy) is 3. The second kappa shape index (κ2) is 10.3. The highest BCUT2D eigenvalue weighted by Gasteiger charge is 2.43. The summed E-state index contributed by atoms with van der Waals surface area (Å²) in [5, 5.41) is 9.16. The van der Waals surface area contributed by atoms with Crippen molar-refractivity contribution in [3.63, 3.8) is 0 Å². The zero-order chi connectivity index (χ0) is 24.9. The summed E-state index contributed by atoms with van der Waals surface area (Å²) in [6.45, 7) is 1.98. The van der Waals surface area contributed by atoms with Crippen LogP contribution in [-0.4, -0.2) is 26.1 Å². The highest BCUT2D eigenvalue weighted by atomic mass is 16.6. The normalized spacial score (nSPS) is 17.4. The first kappa shape index (κ1) is 23.8. The monoisotopic (exact) mass is 470 g/mol. The largest absolute Gasteiger partial charge is 0.496 e. The average Bonchev–Trinajstić information content (AvgIpc) is 2.89. The Hall–Kier alpha value is -4.31. The molecule has 7 heteroatoms. The predicted molar refractivity (Wildman–Crippen MR) is 130 cm³/mol. The van der Waals surface area contributed by atoms with Gasteiger partial charge in [0.15, 0.2) is 11.5 Å². The third kappa shape index (κ3) is 4.82. The van der Waals surface area contributed by atoms with Gasteiger partial charge in [0.25, 0.3) is 0 Å². The number of hydrogen-bond acceptors (Lipinski definition) is 6. The van der Waals surface area contributed by atoms with Crippen LogP contribution in [0.3, 0.4) is 0 Å². The van der Waals surface area contributed by atoms with Gasteiger partial charge < -0.3 is 19.1 Å². The van der Waals surface area contributed by atoms with Gasteiger partial charge in [-0.25, -0.2) is 0 Å². The van der Waals surface area contributed by atoms with Crippen LogP contribution < -0.4 is 19.1 Å². The minimum Gasteiger partial charge on any atom is -0.496 e. The summed E-state index contributed by atoms with van der Waals surface area (Å²) >= 11 is 0. The number of hydrogen-bond donors (Lipinski definition) is 0. The molecule has 178 valence electrons. The van der Waals surface area contributed by atoms with Gasteiger partial charge in [-0.1, -0.05) is 35.9 Å². The van der Waals surface area contributed by atoms with Gasteiger partial charge in [0.2, 0.25) is 5.91 Å². The molecule has 1 fully saturated rings. The van der Waals surface area contributed by atoms with Crippen molar-refractivity contribution >= 4 is 17.6 Å². The van der Waals surface area contributed by atoms with E-state index in [0.717, 1.165) is 11.1 Å². The van der Waals surface area contributed by atoms with Crippen LogP contribution in [0.25, 0.3) is 0 Å². The number of piperidine rings is 1. The second-order valence-electron chi connectivity index (χ2n) is 8.33. The summed E-state index contributed by atoms with van der Waals surface area (Å²) in [5.74, 6) is -0.149. The van der Waals surface area contributed by atoms with Crippen molar-refractivity contribution < 1.29 is 23.8 Å². The van der Waals surface area contributed by atoms with Crippen molar-refractivity contribution in [2.45, 2.75) is 25.8 Å². The molecule has 0 spiro atoms. The zero-order valence-corrected chi connectivity index (χ0v) is 19.9. The van der Waals surface area contributed by atoms with Gasteiger partial charge in [-0.3, -0.25) is 9.59 Å². The molecule has 35 heavy (non-hydrogen) atoms. The number of nitrogens with zero attached hydrogens (tertiary/aromatic N) is 2. The predicted octanol–water partition coefficient (Wildman–Crippen LogP) is 4.97. The Morgan fingerprint density at radius 1 is 0.971 bits per heavy atom. The van der Waals surface area contributed by atoms with Crippen LogP contribution >= 0.6 is 0 Å². The summed E-state index contributed by atoms with van der Waals surface area (Å²) in [6.07, 6.45) is 0.519. The fourth-order valence-corrected chi connectivity index (χ4v) is 4.42. The van der Waals surface area contributed by atoms with Gasteiger partial charge >= 0.3 is 5.97 Å². The number of amides is 1. The van der Waals surface area contributed by atoms with Crippen LogP contribution in [0.2, 0.25) is 0 Å². The average molecular weight is 471 g/mol. The molecule has 7 nitrogen and oxygen atoms in total. The Bertz CT molecular complexity index is 1280. The van der Waals surface area contributed by atoms with E-state index in [-0.39, 0.29) is 23.8 Å². The molecular formula is C28H26N2O5. The Morgan fingerprint density at radius 3 is 2.37 bits per heavy atom. The van der Waals surface area contributed by atoms with E-state index in [1.807, 2.05) is 61.5 Å². The fourth-order valence-electron chi connectivity index (χ4n) is 4.42. The highest BCUT2D eigenvalue weighted by Crippen LogP contribution is 2.44. The van der Waals surface area contributed by atoms with E-state index in [9.17, 15) is 9.59 Å². The number of carbonyl (C=O) groups is 2. The van der Waals surface area contributed by atoms with Crippen LogP contribution in [0.15, 0.2) is 66.7 Å². The molecule has 1 amide bonds. The fraction of sp³-hybridized carbons (Fsp3) is 0.250. The summed E-state index contributed by atoms with van der Waals surface area (Å²) in [7, 11) is 3.01. The van der Waals surface area contributed by atoms with Crippen molar-refractivity contribution in [1.29, 1.82) is 5.26 Å². The number of rotatable bonds is 6. The summed E-state index contributed by atoms with van der Waals surface area (Å²) in [4.78, 5) is 28.5. The lowest BCUT2D eigenvalue weighted by molar-refractivity contribution is -0.141. The summed E-state index contributed by atoms with van der Waals surface area (Å²) in [5.41, 5.74) is 2.88. The molecule has 0 bridgehead atoms. The first-order valence-corrected chi connectivity index (χ1v) is 11.3. The maximum Gasteiger partial charge on any atom is 0.316 e. The first-order valence-electron chi connectivity index (χ1n) is 11.3. The molecule has 1 heterocycles. The van der Waals surface area contributed by atoms with E-state index < -0.39 is 17.9 Å². The third-order valence-electron chi connectivity index (χ3n) is 6.17. The van der Waals surface area contributed by atoms with E-state index in [1.165, 1.54) is 13.2 Å². The molecule has 0 aromatic heterocycles. The van der Waals surface area contributed by atoms with Crippen LogP contribution in [0, 0.1) is 24.2 Å². The minimum atomic E-state index is -0.661. The molecule has 4 rings (SSSR count). The number of nitriles is 1. The van der Waals surface area contributed by atoms with Crippen LogP contribution in [-0.2, 0) is 9.59 Å². The van der Waals surface area contributed by atoms with Crippen LogP contribution in [0.5, 0.6) is 17.2 Å². The molecule has 2 unspecified atom stereocenters. The van der Waals surface area contributed by atoms with Gasteiger partial charge in [0, 0.05) is 23.7 Å². The maximum atomic E-state index is 13.6. The Balaban J connectivity index is 1.77. The summed E-state index contributed by atoms with van der Waals surface area (Å²) < 4.78 is 16.7. The molecule has 3 aromatic rings. The van der Waals surface area contributed by atoms with E-state index >= 15 is 0 Å². The molecule has 0 saturated carbocycles. The van der Waals surface area contributed by atoms with Gasteiger partial charge in [-0.05, 0) is 43.7 Å². The molecule has 3 aromatic carbocycles. The molecule has 0 radical (unpaired) electrons. The number of carbonyl (C=O) groups excluding carboxylic acids is 2. The number of methoxy groups -OCH3 is 2. The number of benzene rings is 3. The van der Waals surface area contributed by atoms with Gasteiger partial charge in [-0.2, -0.15) is 5.26 Å². The molecular weight excluding hydrogens is 444 g/mol. The minimum absolute atomic E-state index is 0.0789. The summed E-state index contributed by atoms with van der Waals surface area (Å²) in [6, 6.07) is 21.0.